The van der Waals surface area contributed by atoms with Gasteiger partial charge in [-0.25, -0.2) is 4.90 Å². The number of hydrogen-bond acceptors (Lipinski definition) is 6. The number of para-hydroxylation sites is 1. The van der Waals surface area contributed by atoms with Gasteiger partial charge in [0, 0.05) is 11.0 Å². The van der Waals surface area contributed by atoms with Crippen LogP contribution in [0.4, 0.5) is 11.4 Å². The van der Waals surface area contributed by atoms with E-state index in [2.05, 4.69) is 72.1 Å². The third-order valence-corrected chi connectivity index (χ3v) is 9.20. The first kappa shape index (κ1) is 30.5. The van der Waals surface area contributed by atoms with Gasteiger partial charge in [-0.2, -0.15) is 15.6 Å². The molecule has 2 aliphatic heterocycles. The summed E-state index contributed by atoms with van der Waals surface area (Å²) in [7, 11) is 0. The van der Waals surface area contributed by atoms with Crippen LogP contribution in [-0.2, 0) is 20.4 Å². The van der Waals surface area contributed by atoms with E-state index in [1.54, 1.807) is 41.5 Å². The van der Waals surface area contributed by atoms with Gasteiger partial charge in [0.2, 0.25) is 0 Å². The Labute approximate surface area is 265 Å². The molecule has 0 spiro atoms. The van der Waals surface area contributed by atoms with E-state index in [0.717, 1.165) is 23.1 Å². The molecule has 1 fully saturated rings. The lowest BCUT2D eigenvalue weighted by atomic mass is 9.70. The summed E-state index contributed by atoms with van der Waals surface area (Å²) in [5, 5.41) is 18.5. The monoisotopic (exact) mass is 602 g/mol. The van der Waals surface area contributed by atoms with E-state index in [0.29, 0.717) is 28.2 Å². The SMILES string of the molecule is CC(C)(C)CC(C)(C)c1cc(N2N=C3C=C4C(=O)N(c5ccccc5)C(=O)C4=C[C@]3(C)N2)c(O)c(C(C)(C)c2ccccc2)c1. The lowest BCUT2D eigenvalue weighted by Gasteiger charge is -2.36. The normalized spacial score (nSPS) is 20.1. The Kier molecular flexibility index (Phi) is 6.97. The van der Waals surface area contributed by atoms with Gasteiger partial charge in [0.25, 0.3) is 11.8 Å². The van der Waals surface area contributed by atoms with Crippen molar-refractivity contribution in [2.75, 3.05) is 10.0 Å². The van der Waals surface area contributed by atoms with Crippen molar-refractivity contribution in [3.05, 3.63) is 113 Å². The Morgan fingerprint density at radius 3 is 2.04 bits per heavy atom. The molecule has 0 radical (unpaired) electrons. The molecule has 2 N–H and O–H groups in total. The van der Waals surface area contributed by atoms with E-state index < -0.39 is 11.0 Å². The molecule has 1 saturated heterocycles. The minimum absolute atomic E-state index is 0.0774. The summed E-state index contributed by atoms with van der Waals surface area (Å²) >= 11 is 0. The first-order chi connectivity index (χ1) is 21.0. The van der Waals surface area contributed by atoms with Gasteiger partial charge in [-0.3, -0.25) is 9.59 Å². The maximum Gasteiger partial charge on any atom is 0.266 e. The first-order valence-corrected chi connectivity index (χ1v) is 15.5. The number of imide groups is 1. The smallest absolute Gasteiger partial charge is 0.266 e. The molecule has 0 unspecified atom stereocenters. The molecule has 2 amide bonds. The van der Waals surface area contributed by atoms with Gasteiger partial charge in [0.1, 0.15) is 11.4 Å². The van der Waals surface area contributed by atoms with Crippen molar-refractivity contribution in [2.45, 2.75) is 78.2 Å². The highest BCUT2D eigenvalue weighted by Crippen LogP contribution is 2.47. The van der Waals surface area contributed by atoms with Crippen molar-refractivity contribution < 1.29 is 14.7 Å². The largest absolute Gasteiger partial charge is 0.505 e. The number of fused-ring (bicyclic) bond motifs is 2. The number of carbonyl (C=O) groups is 2. The molecule has 7 nitrogen and oxygen atoms in total. The van der Waals surface area contributed by atoms with Crippen LogP contribution in [-0.4, -0.2) is 28.2 Å². The van der Waals surface area contributed by atoms with Gasteiger partial charge in [0.15, 0.2) is 0 Å². The Bertz CT molecular complexity index is 1800. The molecule has 7 heteroatoms. The Morgan fingerprint density at radius 1 is 0.822 bits per heavy atom. The molecule has 0 aromatic heterocycles. The van der Waals surface area contributed by atoms with Crippen LogP contribution in [0.15, 0.2) is 101 Å². The van der Waals surface area contributed by atoms with Crippen LogP contribution in [0.5, 0.6) is 5.75 Å². The van der Waals surface area contributed by atoms with E-state index in [9.17, 15) is 14.7 Å². The predicted molar refractivity (Wildman–Crippen MR) is 180 cm³/mol. The lowest BCUT2D eigenvalue weighted by Crippen LogP contribution is -2.48. The maximum absolute atomic E-state index is 13.5. The molecule has 3 aromatic carbocycles. The number of phenolic OH excluding ortho intramolecular Hbond substituents is 1. The molecule has 3 aromatic rings. The fourth-order valence-corrected chi connectivity index (χ4v) is 7.08. The zero-order valence-corrected chi connectivity index (χ0v) is 27.4. The Balaban J connectivity index is 1.46. The van der Waals surface area contributed by atoms with Crippen molar-refractivity contribution in [3.8, 4) is 5.75 Å². The topological polar surface area (TPSA) is 85.2 Å². The summed E-state index contributed by atoms with van der Waals surface area (Å²) in [6.45, 7) is 17.4. The second kappa shape index (κ2) is 10.3. The maximum atomic E-state index is 13.5. The van der Waals surface area contributed by atoms with Gasteiger partial charge >= 0.3 is 0 Å². The number of hydrogen-bond donors (Lipinski definition) is 2. The van der Waals surface area contributed by atoms with Crippen LogP contribution in [0.25, 0.3) is 0 Å². The second-order valence-electron chi connectivity index (χ2n) is 15.0. The number of phenols is 1. The Morgan fingerprint density at radius 2 is 1.42 bits per heavy atom. The number of rotatable bonds is 6. The highest BCUT2D eigenvalue weighted by molar-refractivity contribution is 6.39. The van der Waals surface area contributed by atoms with E-state index in [4.69, 9.17) is 5.10 Å². The molecule has 0 bridgehead atoms. The molecule has 1 atom stereocenters. The van der Waals surface area contributed by atoms with E-state index in [-0.39, 0.29) is 28.4 Å². The van der Waals surface area contributed by atoms with Gasteiger partial charge in [-0.05, 0) is 65.7 Å². The molecule has 232 valence electrons. The number of aromatic hydroxyl groups is 1. The molecular weight excluding hydrogens is 560 g/mol. The van der Waals surface area contributed by atoms with E-state index in [1.807, 2.05) is 37.3 Å². The molecular formula is C38H42N4O3. The van der Waals surface area contributed by atoms with Crippen LogP contribution >= 0.6 is 0 Å². The number of hydrazine groups is 1. The first-order valence-electron chi connectivity index (χ1n) is 15.5. The summed E-state index contributed by atoms with van der Waals surface area (Å²) in [4.78, 5) is 28.2. The van der Waals surface area contributed by atoms with Crippen LogP contribution < -0.4 is 15.4 Å². The highest BCUT2D eigenvalue weighted by Gasteiger charge is 2.48. The second-order valence-corrected chi connectivity index (χ2v) is 15.0. The number of nitrogens with one attached hydrogen (secondary N) is 1. The number of amides is 2. The number of carbonyl (C=O) groups excluding carboxylic acids is 2. The van der Waals surface area contributed by atoms with E-state index in [1.165, 1.54) is 4.90 Å². The summed E-state index contributed by atoms with van der Waals surface area (Å²) < 4.78 is 0. The summed E-state index contributed by atoms with van der Waals surface area (Å²) in [5.74, 6) is -0.610. The average Bonchev–Trinajstić information content (AvgIpc) is 3.43. The minimum atomic E-state index is -0.875. The average molecular weight is 603 g/mol. The summed E-state index contributed by atoms with van der Waals surface area (Å²) in [6.07, 6.45) is 4.41. The third-order valence-electron chi connectivity index (χ3n) is 9.20. The molecule has 6 rings (SSSR count). The molecule has 3 aliphatic rings. The van der Waals surface area contributed by atoms with Gasteiger partial charge in [-0.15, -0.1) is 0 Å². The van der Waals surface area contributed by atoms with Gasteiger partial charge < -0.3 is 5.11 Å². The van der Waals surface area contributed by atoms with Crippen molar-refractivity contribution >= 4 is 28.9 Å². The quantitative estimate of drug-likeness (QED) is 0.289. The van der Waals surface area contributed by atoms with Crippen LogP contribution in [0.1, 0.15) is 78.5 Å². The fraction of sp³-hybridized carbons (Fsp3) is 0.342. The van der Waals surface area contributed by atoms with Crippen LogP contribution in [0.3, 0.4) is 0 Å². The van der Waals surface area contributed by atoms with E-state index >= 15 is 0 Å². The fourth-order valence-electron chi connectivity index (χ4n) is 7.08. The predicted octanol–water partition coefficient (Wildman–Crippen LogP) is 7.31. The zero-order valence-electron chi connectivity index (χ0n) is 27.4. The third kappa shape index (κ3) is 5.19. The van der Waals surface area contributed by atoms with Crippen molar-refractivity contribution in [3.63, 3.8) is 0 Å². The van der Waals surface area contributed by atoms with Crippen LogP contribution in [0, 0.1) is 5.41 Å². The van der Waals surface area contributed by atoms with Crippen molar-refractivity contribution in [1.29, 1.82) is 0 Å². The zero-order chi connectivity index (χ0) is 32.5. The summed E-state index contributed by atoms with van der Waals surface area (Å²) in [5.41, 5.74) is 7.17. The number of benzene rings is 3. The summed E-state index contributed by atoms with van der Waals surface area (Å²) in [6, 6.07) is 23.3. The number of nitrogens with zero attached hydrogens (tertiary/aromatic N) is 3. The highest BCUT2D eigenvalue weighted by atomic mass is 16.3. The number of anilines is 2. The van der Waals surface area contributed by atoms with Crippen molar-refractivity contribution in [1.82, 2.24) is 5.43 Å². The van der Waals surface area contributed by atoms with Crippen molar-refractivity contribution in [2.24, 2.45) is 10.5 Å². The van der Waals surface area contributed by atoms with Crippen LogP contribution in [0.2, 0.25) is 0 Å². The standard InChI is InChI=1S/C38H42N4O3/c1-35(2,3)23-36(4,5)25-19-29(37(6,7)24-15-11-9-12-16-24)32(43)30(20-25)42-39-31-21-27-28(22-38(31,8)40-42)34(45)41(33(27)44)26-17-13-10-14-18-26/h9-22,40,43H,23H2,1-8H3/t38-/m0/s1. The Hall–Kier alpha value is -4.49. The van der Waals surface area contributed by atoms with Gasteiger partial charge in [0.05, 0.1) is 28.1 Å². The molecule has 0 saturated carbocycles. The lowest BCUT2D eigenvalue weighted by molar-refractivity contribution is -0.119. The molecule has 1 aliphatic carbocycles. The van der Waals surface area contributed by atoms with Gasteiger partial charge in [-0.1, -0.05) is 103 Å². The molecule has 2 heterocycles. The number of hydrazone groups is 1. The minimum Gasteiger partial charge on any atom is -0.505 e. The molecule has 45 heavy (non-hydrogen) atoms.